The standard InChI is InChI=1S/C14H18O3/c1-10-5-6-13(11(2)15)14(8-10)17-9-12-4-3-7-16-12/h5-6,8,12H,3-4,7,9H2,1-2H3. The molecule has 0 bridgehead atoms. The van der Waals surface area contributed by atoms with Crippen LogP contribution in [0.5, 0.6) is 5.75 Å². The Labute approximate surface area is 102 Å². The lowest BCUT2D eigenvalue weighted by molar-refractivity contribution is 0.0672. The molecule has 1 aliphatic heterocycles. The van der Waals surface area contributed by atoms with E-state index < -0.39 is 0 Å². The SMILES string of the molecule is CC(=O)c1ccc(C)cc1OCC1CCCO1. The van der Waals surface area contributed by atoms with Gasteiger partial charge in [-0.2, -0.15) is 0 Å². The molecule has 1 aromatic carbocycles. The van der Waals surface area contributed by atoms with E-state index in [1.807, 2.05) is 25.1 Å². The summed E-state index contributed by atoms with van der Waals surface area (Å²) in [5, 5.41) is 0. The summed E-state index contributed by atoms with van der Waals surface area (Å²) < 4.78 is 11.2. The Kier molecular flexibility index (Phi) is 3.79. The number of benzene rings is 1. The predicted molar refractivity (Wildman–Crippen MR) is 65.7 cm³/mol. The van der Waals surface area contributed by atoms with Crippen molar-refractivity contribution in [2.45, 2.75) is 32.8 Å². The fourth-order valence-electron chi connectivity index (χ4n) is 2.00. The molecule has 1 saturated heterocycles. The molecule has 0 aromatic heterocycles. The monoisotopic (exact) mass is 234 g/mol. The van der Waals surface area contributed by atoms with Crippen LogP contribution in [0.2, 0.25) is 0 Å². The maximum Gasteiger partial charge on any atom is 0.163 e. The molecule has 0 aliphatic carbocycles. The van der Waals surface area contributed by atoms with E-state index in [1.54, 1.807) is 6.92 Å². The van der Waals surface area contributed by atoms with Gasteiger partial charge in [0.05, 0.1) is 11.7 Å². The van der Waals surface area contributed by atoms with E-state index in [0.29, 0.717) is 17.9 Å². The molecule has 3 nitrogen and oxygen atoms in total. The summed E-state index contributed by atoms with van der Waals surface area (Å²) in [5.41, 5.74) is 1.74. The van der Waals surface area contributed by atoms with Gasteiger partial charge in [-0.1, -0.05) is 6.07 Å². The van der Waals surface area contributed by atoms with Gasteiger partial charge < -0.3 is 9.47 Å². The molecule has 1 aromatic rings. The van der Waals surface area contributed by atoms with Crippen molar-refractivity contribution in [1.29, 1.82) is 0 Å². The molecule has 0 radical (unpaired) electrons. The Bertz CT molecular complexity index is 406. The quantitative estimate of drug-likeness (QED) is 0.751. The molecule has 3 heteroatoms. The Balaban J connectivity index is 2.07. The van der Waals surface area contributed by atoms with E-state index in [4.69, 9.17) is 9.47 Å². The first-order valence-electron chi connectivity index (χ1n) is 6.03. The minimum atomic E-state index is 0.0346. The number of carbonyl (C=O) groups excluding carboxylic acids is 1. The fourth-order valence-corrected chi connectivity index (χ4v) is 2.00. The summed E-state index contributed by atoms with van der Waals surface area (Å²) in [7, 11) is 0. The first kappa shape index (κ1) is 12.1. The van der Waals surface area contributed by atoms with Crippen molar-refractivity contribution in [1.82, 2.24) is 0 Å². The van der Waals surface area contributed by atoms with Crippen molar-refractivity contribution in [3.63, 3.8) is 0 Å². The fraction of sp³-hybridized carbons (Fsp3) is 0.500. The van der Waals surface area contributed by atoms with Gasteiger partial charge in [-0.15, -0.1) is 0 Å². The molecular formula is C14H18O3. The molecule has 0 N–H and O–H groups in total. The smallest absolute Gasteiger partial charge is 0.163 e. The maximum absolute atomic E-state index is 11.5. The Morgan fingerprint density at radius 2 is 2.35 bits per heavy atom. The summed E-state index contributed by atoms with van der Waals surface area (Å²) in [6.45, 7) is 4.90. The van der Waals surface area contributed by atoms with Gasteiger partial charge in [-0.3, -0.25) is 4.79 Å². The molecule has 1 heterocycles. The van der Waals surface area contributed by atoms with E-state index in [-0.39, 0.29) is 11.9 Å². The van der Waals surface area contributed by atoms with Crippen molar-refractivity contribution >= 4 is 5.78 Å². The largest absolute Gasteiger partial charge is 0.490 e. The third kappa shape index (κ3) is 3.07. The van der Waals surface area contributed by atoms with Crippen molar-refractivity contribution in [3.05, 3.63) is 29.3 Å². The molecule has 1 unspecified atom stereocenters. The molecule has 92 valence electrons. The number of hydrogen-bond donors (Lipinski definition) is 0. The van der Waals surface area contributed by atoms with E-state index in [0.717, 1.165) is 25.0 Å². The van der Waals surface area contributed by atoms with E-state index in [9.17, 15) is 4.79 Å². The van der Waals surface area contributed by atoms with Crippen LogP contribution in [0.1, 0.15) is 35.7 Å². The zero-order valence-electron chi connectivity index (χ0n) is 10.4. The van der Waals surface area contributed by atoms with Crippen molar-refractivity contribution in [2.24, 2.45) is 0 Å². The number of carbonyl (C=O) groups is 1. The number of ketones is 1. The van der Waals surface area contributed by atoms with Crippen LogP contribution in [0.25, 0.3) is 0 Å². The number of ether oxygens (including phenoxy) is 2. The van der Waals surface area contributed by atoms with Crippen LogP contribution in [0, 0.1) is 6.92 Å². The minimum absolute atomic E-state index is 0.0346. The predicted octanol–water partition coefficient (Wildman–Crippen LogP) is 2.76. The van der Waals surface area contributed by atoms with Crippen molar-refractivity contribution in [2.75, 3.05) is 13.2 Å². The minimum Gasteiger partial charge on any atom is -0.490 e. The van der Waals surface area contributed by atoms with Crippen LogP contribution in [0.3, 0.4) is 0 Å². The highest BCUT2D eigenvalue weighted by molar-refractivity contribution is 5.96. The maximum atomic E-state index is 11.5. The summed E-state index contributed by atoms with van der Waals surface area (Å²) in [4.78, 5) is 11.5. The van der Waals surface area contributed by atoms with E-state index in [1.165, 1.54) is 0 Å². The van der Waals surface area contributed by atoms with Crippen LogP contribution in [-0.2, 0) is 4.74 Å². The average Bonchev–Trinajstić information content (AvgIpc) is 2.78. The summed E-state index contributed by atoms with van der Waals surface area (Å²) in [6, 6.07) is 5.66. The second-order valence-corrected chi connectivity index (χ2v) is 4.50. The second-order valence-electron chi connectivity index (χ2n) is 4.50. The molecule has 0 spiro atoms. The average molecular weight is 234 g/mol. The number of aryl methyl sites for hydroxylation is 1. The highest BCUT2D eigenvalue weighted by Gasteiger charge is 2.17. The molecule has 0 saturated carbocycles. The van der Waals surface area contributed by atoms with Gasteiger partial charge in [0.25, 0.3) is 0 Å². The lowest BCUT2D eigenvalue weighted by atomic mass is 10.1. The summed E-state index contributed by atoms with van der Waals surface area (Å²) in [6.07, 6.45) is 2.32. The molecule has 2 rings (SSSR count). The second kappa shape index (κ2) is 5.32. The zero-order chi connectivity index (χ0) is 12.3. The summed E-state index contributed by atoms with van der Waals surface area (Å²) in [5.74, 6) is 0.709. The lowest BCUT2D eigenvalue weighted by Crippen LogP contribution is -2.17. The van der Waals surface area contributed by atoms with Crippen molar-refractivity contribution < 1.29 is 14.3 Å². The number of rotatable bonds is 4. The molecule has 0 amide bonds. The van der Waals surface area contributed by atoms with E-state index >= 15 is 0 Å². The topological polar surface area (TPSA) is 35.5 Å². The highest BCUT2D eigenvalue weighted by Crippen LogP contribution is 2.22. The van der Waals surface area contributed by atoms with Gasteiger partial charge in [0, 0.05) is 6.61 Å². The van der Waals surface area contributed by atoms with Gasteiger partial charge >= 0.3 is 0 Å². The van der Waals surface area contributed by atoms with Gasteiger partial charge in [-0.05, 0) is 44.4 Å². The highest BCUT2D eigenvalue weighted by atomic mass is 16.5. The van der Waals surface area contributed by atoms with Crippen LogP contribution < -0.4 is 4.74 Å². The summed E-state index contributed by atoms with van der Waals surface area (Å²) >= 11 is 0. The van der Waals surface area contributed by atoms with Crippen LogP contribution >= 0.6 is 0 Å². The Morgan fingerprint density at radius 3 is 3.00 bits per heavy atom. The Hall–Kier alpha value is -1.35. The van der Waals surface area contributed by atoms with Crippen LogP contribution in [0.15, 0.2) is 18.2 Å². The van der Waals surface area contributed by atoms with Gasteiger partial charge in [0.1, 0.15) is 12.4 Å². The first-order chi connectivity index (χ1) is 8.16. The lowest BCUT2D eigenvalue weighted by Gasteiger charge is -2.14. The molecule has 1 fully saturated rings. The van der Waals surface area contributed by atoms with Gasteiger partial charge in [0.15, 0.2) is 5.78 Å². The third-order valence-electron chi connectivity index (χ3n) is 2.97. The van der Waals surface area contributed by atoms with Crippen LogP contribution in [-0.4, -0.2) is 25.1 Å². The third-order valence-corrected chi connectivity index (χ3v) is 2.97. The number of hydrogen-bond acceptors (Lipinski definition) is 3. The molecule has 17 heavy (non-hydrogen) atoms. The van der Waals surface area contributed by atoms with Crippen LogP contribution in [0.4, 0.5) is 0 Å². The van der Waals surface area contributed by atoms with Gasteiger partial charge in [0.2, 0.25) is 0 Å². The molecule has 1 aliphatic rings. The van der Waals surface area contributed by atoms with E-state index in [2.05, 4.69) is 0 Å². The Morgan fingerprint density at radius 1 is 1.53 bits per heavy atom. The molecule has 1 atom stereocenters. The van der Waals surface area contributed by atoms with Gasteiger partial charge in [-0.25, -0.2) is 0 Å². The number of Topliss-reactive ketones (excluding diaryl/α,β-unsaturated/α-hetero) is 1. The van der Waals surface area contributed by atoms with Crippen molar-refractivity contribution in [3.8, 4) is 5.75 Å². The first-order valence-corrected chi connectivity index (χ1v) is 6.03. The zero-order valence-corrected chi connectivity index (χ0v) is 10.4. The normalized spacial score (nSPS) is 19.3. The molecular weight excluding hydrogens is 216 g/mol.